The number of pyridine rings is 2. The molecule has 4 rings (SSSR count). The predicted octanol–water partition coefficient (Wildman–Crippen LogP) is 2.76. The van der Waals surface area contributed by atoms with Gasteiger partial charge in [0.25, 0.3) is 0 Å². The summed E-state index contributed by atoms with van der Waals surface area (Å²) < 4.78 is 0. The average molecular weight is 416 g/mol. The van der Waals surface area contributed by atoms with E-state index in [2.05, 4.69) is 9.97 Å². The number of amides is 2. The Kier molecular flexibility index (Phi) is 6.21. The second-order valence-electron chi connectivity index (χ2n) is 7.72. The summed E-state index contributed by atoms with van der Waals surface area (Å²) in [6, 6.07) is 16.2. The molecular formula is C24H24N4O3. The Bertz CT molecular complexity index is 1030. The zero-order valence-corrected chi connectivity index (χ0v) is 17.1. The first kappa shape index (κ1) is 20.5. The van der Waals surface area contributed by atoms with Crippen molar-refractivity contribution in [2.24, 2.45) is 5.92 Å². The topological polar surface area (TPSA) is 86.6 Å². The largest absolute Gasteiger partial charge is 0.508 e. The van der Waals surface area contributed by atoms with E-state index in [9.17, 15) is 14.7 Å². The zero-order valence-electron chi connectivity index (χ0n) is 17.1. The Labute approximate surface area is 181 Å². The van der Waals surface area contributed by atoms with Gasteiger partial charge in [0.2, 0.25) is 11.8 Å². The monoisotopic (exact) mass is 416 g/mol. The van der Waals surface area contributed by atoms with Gasteiger partial charge < -0.3 is 14.9 Å². The van der Waals surface area contributed by atoms with Crippen LogP contribution in [0.4, 0.5) is 0 Å². The van der Waals surface area contributed by atoms with Crippen LogP contribution in [-0.2, 0) is 29.2 Å². The molecule has 0 aliphatic carbocycles. The number of benzene rings is 1. The van der Waals surface area contributed by atoms with Gasteiger partial charge in [0.05, 0.1) is 18.2 Å². The fourth-order valence-electron chi connectivity index (χ4n) is 3.78. The van der Waals surface area contributed by atoms with E-state index in [4.69, 9.17) is 0 Å². The van der Waals surface area contributed by atoms with Gasteiger partial charge >= 0.3 is 0 Å². The maximum absolute atomic E-state index is 13.4. The van der Waals surface area contributed by atoms with Crippen LogP contribution in [0.5, 0.6) is 5.75 Å². The van der Waals surface area contributed by atoms with Crippen LogP contribution in [0.3, 0.4) is 0 Å². The zero-order chi connectivity index (χ0) is 21.6. The molecule has 1 saturated heterocycles. The lowest BCUT2D eigenvalue weighted by Gasteiger charge is -2.26. The SMILES string of the molecule is O=C1CC(C(=O)N(Cc2ccc(O)cc2)Cc2cccnc2)CN1Cc1ccccn1. The highest BCUT2D eigenvalue weighted by Crippen LogP contribution is 2.24. The lowest BCUT2D eigenvalue weighted by atomic mass is 10.1. The highest BCUT2D eigenvalue weighted by molar-refractivity contribution is 5.89. The molecule has 1 N–H and O–H groups in total. The maximum Gasteiger partial charge on any atom is 0.228 e. The number of nitrogens with zero attached hydrogens (tertiary/aromatic N) is 4. The van der Waals surface area contributed by atoms with E-state index in [0.29, 0.717) is 26.2 Å². The Morgan fingerprint density at radius 1 is 1.03 bits per heavy atom. The number of carbonyl (C=O) groups is 2. The van der Waals surface area contributed by atoms with Crippen molar-refractivity contribution < 1.29 is 14.7 Å². The number of phenolic OH excluding ortho intramolecular Hbond substituents is 1. The number of likely N-dealkylation sites (tertiary alicyclic amines) is 1. The smallest absolute Gasteiger partial charge is 0.228 e. The number of carbonyl (C=O) groups excluding carboxylic acids is 2. The number of hydrogen-bond acceptors (Lipinski definition) is 5. The molecule has 1 fully saturated rings. The molecule has 0 bridgehead atoms. The van der Waals surface area contributed by atoms with Gasteiger partial charge in [-0.1, -0.05) is 24.3 Å². The van der Waals surface area contributed by atoms with Crippen LogP contribution in [0, 0.1) is 5.92 Å². The standard InChI is InChI=1S/C24H24N4O3/c29-22-8-6-18(7-9-22)14-28(15-19-4-3-10-25-13-19)24(31)20-12-23(30)27(16-20)17-21-5-1-2-11-26-21/h1-11,13,20,29H,12,14-17H2. The molecule has 31 heavy (non-hydrogen) atoms. The van der Waals surface area contributed by atoms with Gasteiger partial charge in [-0.15, -0.1) is 0 Å². The van der Waals surface area contributed by atoms with Crippen molar-refractivity contribution in [2.45, 2.75) is 26.1 Å². The lowest BCUT2D eigenvalue weighted by Crippen LogP contribution is -2.36. The fourth-order valence-corrected chi connectivity index (χ4v) is 3.78. The van der Waals surface area contributed by atoms with Crippen LogP contribution in [0.15, 0.2) is 73.2 Å². The van der Waals surface area contributed by atoms with E-state index in [0.717, 1.165) is 16.8 Å². The Morgan fingerprint density at radius 2 is 1.84 bits per heavy atom. The van der Waals surface area contributed by atoms with Crippen molar-refractivity contribution in [3.05, 3.63) is 90.0 Å². The molecule has 2 aromatic heterocycles. The molecule has 7 heteroatoms. The molecule has 1 aromatic carbocycles. The van der Waals surface area contributed by atoms with Gasteiger partial charge in [0.1, 0.15) is 5.75 Å². The summed E-state index contributed by atoms with van der Waals surface area (Å²) in [4.78, 5) is 37.9. The molecule has 1 aliphatic rings. The van der Waals surface area contributed by atoms with Gasteiger partial charge in [-0.2, -0.15) is 0 Å². The summed E-state index contributed by atoms with van der Waals surface area (Å²) in [7, 11) is 0. The van der Waals surface area contributed by atoms with E-state index in [1.165, 1.54) is 0 Å². The fraction of sp³-hybridized carbons (Fsp3) is 0.250. The maximum atomic E-state index is 13.4. The van der Waals surface area contributed by atoms with Crippen molar-refractivity contribution >= 4 is 11.8 Å². The second kappa shape index (κ2) is 9.38. The van der Waals surface area contributed by atoms with E-state index in [1.807, 2.05) is 30.3 Å². The summed E-state index contributed by atoms with van der Waals surface area (Å²) in [5.41, 5.74) is 2.63. The number of phenols is 1. The minimum absolute atomic E-state index is 0.0324. The summed E-state index contributed by atoms with van der Waals surface area (Å²) in [6.07, 6.45) is 5.33. The van der Waals surface area contributed by atoms with Crippen LogP contribution in [-0.4, -0.2) is 43.2 Å². The van der Waals surface area contributed by atoms with Crippen LogP contribution < -0.4 is 0 Å². The molecule has 158 valence electrons. The summed E-state index contributed by atoms with van der Waals surface area (Å²) in [5, 5.41) is 9.55. The Hall–Kier alpha value is -3.74. The first-order chi connectivity index (χ1) is 15.1. The lowest BCUT2D eigenvalue weighted by molar-refractivity contribution is -0.137. The molecule has 3 heterocycles. The molecule has 0 saturated carbocycles. The predicted molar refractivity (Wildman–Crippen MR) is 114 cm³/mol. The quantitative estimate of drug-likeness (QED) is 0.640. The van der Waals surface area contributed by atoms with Gasteiger partial charge in [0, 0.05) is 44.6 Å². The van der Waals surface area contributed by atoms with E-state index in [-0.39, 0.29) is 24.0 Å². The summed E-state index contributed by atoms with van der Waals surface area (Å²) in [6.45, 7) is 1.58. The number of aromatic hydroxyl groups is 1. The average Bonchev–Trinajstić information content (AvgIpc) is 3.16. The molecule has 7 nitrogen and oxygen atoms in total. The van der Waals surface area contributed by atoms with Crippen molar-refractivity contribution in [3.8, 4) is 5.75 Å². The first-order valence-electron chi connectivity index (χ1n) is 10.2. The van der Waals surface area contributed by atoms with E-state index < -0.39 is 5.92 Å². The van der Waals surface area contributed by atoms with E-state index >= 15 is 0 Å². The first-order valence-corrected chi connectivity index (χ1v) is 10.2. The van der Waals surface area contributed by atoms with Crippen molar-refractivity contribution in [1.29, 1.82) is 0 Å². The highest BCUT2D eigenvalue weighted by atomic mass is 16.3. The third-order valence-electron chi connectivity index (χ3n) is 5.36. The molecule has 1 aliphatic heterocycles. The third-order valence-corrected chi connectivity index (χ3v) is 5.36. The van der Waals surface area contributed by atoms with Crippen LogP contribution in [0.1, 0.15) is 23.2 Å². The molecule has 1 atom stereocenters. The Balaban J connectivity index is 1.49. The van der Waals surface area contributed by atoms with Crippen molar-refractivity contribution in [3.63, 3.8) is 0 Å². The van der Waals surface area contributed by atoms with Crippen LogP contribution in [0.25, 0.3) is 0 Å². The molecule has 3 aromatic rings. The van der Waals surface area contributed by atoms with Gasteiger partial charge in [0.15, 0.2) is 0 Å². The van der Waals surface area contributed by atoms with Gasteiger partial charge in [-0.25, -0.2) is 0 Å². The molecule has 1 unspecified atom stereocenters. The third kappa shape index (κ3) is 5.25. The minimum atomic E-state index is -0.398. The van der Waals surface area contributed by atoms with Crippen LogP contribution >= 0.6 is 0 Å². The molecule has 0 spiro atoms. The summed E-state index contributed by atoms with van der Waals surface area (Å²) >= 11 is 0. The van der Waals surface area contributed by atoms with Gasteiger partial charge in [-0.3, -0.25) is 19.6 Å². The minimum Gasteiger partial charge on any atom is -0.508 e. The molecular weight excluding hydrogens is 392 g/mol. The molecule has 0 radical (unpaired) electrons. The number of aromatic nitrogens is 2. The van der Waals surface area contributed by atoms with Gasteiger partial charge in [-0.05, 0) is 41.5 Å². The normalized spacial score (nSPS) is 15.8. The van der Waals surface area contributed by atoms with Crippen molar-refractivity contribution in [1.82, 2.24) is 19.8 Å². The second-order valence-corrected chi connectivity index (χ2v) is 7.72. The number of hydrogen-bond donors (Lipinski definition) is 1. The molecule has 2 amide bonds. The van der Waals surface area contributed by atoms with E-state index in [1.54, 1.807) is 52.7 Å². The Morgan fingerprint density at radius 3 is 2.55 bits per heavy atom. The number of rotatable bonds is 7. The van der Waals surface area contributed by atoms with Crippen LogP contribution in [0.2, 0.25) is 0 Å². The highest BCUT2D eigenvalue weighted by Gasteiger charge is 2.36. The summed E-state index contributed by atoms with van der Waals surface area (Å²) in [5.74, 6) is -0.311. The van der Waals surface area contributed by atoms with Crippen molar-refractivity contribution in [2.75, 3.05) is 6.54 Å².